The lowest BCUT2D eigenvalue weighted by Gasteiger charge is -2.36. The van der Waals surface area contributed by atoms with E-state index in [0.717, 1.165) is 19.3 Å². The highest BCUT2D eigenvalue weighted by Crippen LogP contribution is 2.23. The van der Waals surface area contributed by atoms with Crippen LogP contribution in [-0.4, -0.2) is 44.1 Å². The SMILES string of the molecule is CC(C)(C)OC(=O)N1CCCC[C@@H]1CNS(=O)(=O)Cc1ccc(Cl)cc1Cl. The molecule has 9 heteroatoms. The molecule has 0 radical (unpaired) electrons. The summed E-state index contributed by atoms with van der Waals surface area (Å²) in [5.41, 5.74) is -0.120. The molecule has 1 amide bonds. The fourth-order valence-corrected chi connectivity index (χ4v) is 4.66. The maximum absolute atomic E-state index is 12.4. The van der Waals surface area contributed by atoms with E-state index in [4.69, 9.17) is 27.9 Å². The standard InChI is InChI=1S/C18H26Cl2N2O4S/c1-18(2,3)26-17(23)22-9-5-4-6-15(22)11-21-27(24,25)12-13-7-8-14(19)10-16(13)20/h7-8,10,15,21H,4-6,9,11-12H2,1-3H3/t15-/m1/s1. The summed E-state index contributed by atoms with van der Waals surface area (Å²) in [5.74, 6) is -0.248. The summed E-state index contributed by atoms with van der Waals surface area (Å²) >= 11 is 11.9. The zero-order valence-corrected chi connectivity index (χ0v) is 18.1. The molecule has 152 valence electrons. The number of carbonyl (C=O) groups is 1. The van der Waals surface area contributed by atoms with E-state index in [1.54, 1.807) is 17.0 Å². The summed E-state index contributed by atoms with van der Waals surface area (Å²) in [5, 5.41) is 0.755. The first-order chi connectivity index (χ1) is 12.5. The van der Waals surface area contributed by atoms with Gasteiger partial charge >= 0.3 is 6.09 Å². The van der Waals surface area contributed by atoms with E-state index in [-0.39, 0.29) is 18.3 Å². The highest BCUT2D eigenvalue weighted by molar-refractivity contribution is 7.88. The number of ether oxygens (including phenoxy) is 1. The molecule has 1 aliphatic heterocycles. The number of nitrogens with one attached hydrogen (secondary N) is 1. The van der Waals surface area contributed by atoms with Crippen molar-refractivity contribution in [3.63, 3.8) is 0 Å². The molecule has 0 spiro atoms. The Hall–Kier alpha value is -1.02. The van der Waals surface area contributed by atoms with Crippen LogP contribution in [0.15, 0.2) is 18.2 Å². The Balaban J connectivity index is 2.00. The monoisotopic (exact) mass is 436 g/mol. The van der Waals surface area contributed by atoms with Gasteiger partial charge in [0.25, 0.3) is 0 Å². The molecular weight excluding hydrogens is 411 g/mol. The zero-order valence-electron chi connectivity index (χ0n) is 15.8. The molecule has 0 unspecified atom stereocenters. The van der Waals surface area contributed by atoms with Crippen LogP contribution >= 0.6 is 23.2 Å². The molecule has 1 saturated heterocycles. The second-order valence-corrected chi connectivity index (χ2v) is 10.3. The van der Waals surface area contributed by atoms with Crippen molar-refractivity contribution in [2.24, 2.45) is 0 Å². The lowest BCUT2D eigenvalue weighted by atomic mass is 10.0. The molecule has 1 N–H and O–H groups in total. The van der Waals surface area contributed by atoms with Gasteiger partial charge in [-0.15, -0.1) is 0 Å². The van der Waals surface area contributed by atoms with Crippen LogP contribution in [0.1, 0.15) is 45.6 Å². The summed E-state index contributed by atoms with van der Waals surface area (Å²) in [4.78, 5) is 14.0. The number of halogens is 2. The second kappa shape index (κ2) is 8.99. The number of carbonyl (C=O) groups excluding carboxylic acids is 1. The molecule has 1 aromatic carbocycles. The quantitative estimate of drug-likeness (QED) is 0.749. The van der Waals surface area contributed by atoms with Gasteiger partial charge in [0.05, 0.1) is 5.75 Å². The van der Waals surface area contributed by atoms with Crippen LogP contribution in [0.4, 0.5) is 4.79 Å². The van der Waals surface area contributed by atoms with Crippen LogP contribution in [0, 0.1) is 0 Å². The second-order valence-electron chi connectivity index (χ2n) is 7.67. The molecule has 1 aromatic rings. The van der Waals surface area contributed by atoms with Crippen molar-refractivity contribution in [2.75, 3.05) is 13.1 Å². The topological polar surface area (TPSA) is 75.7 Å². The number of hydrogen-bond donors (Lipinski definition) is 1. The number of nitrogens with zero attached hydrogens (tertiary/aromatic N) is 1. The summed E-state index contributed by atoms with van der Waals surface area (Å²) in [7, 11) is -3.61. The Morgan fingerprint density at radius 2 is 2.00 bits per heavy atom. The van der Waals surface area contributed by atoms with E-state index in [0.29, 0.717) is 22.2 Å². The fraction of sp³-hybridized carbons (Fsp3) is 0.611. The third kappa shape index (κ3) is 7.14. The number of benzene rings is 1. The van der Waals surface area contributed by atoms with Crippen molar-refractivity contribution in [1.82, 2.24) is 9.62 Å². The lowest BCUT2D eigenvalue weighted by molar-refractivity contribution is 0.0105. The van der Waals surface area contributed by atoms with Crippen LogP contribution in [0.5, 0.6) is 0 Å². The van der Waals surface area contributed by atoms with Crippen LogP contribution in [0.25, 0.3) is 0 Å². The van der Waals surface area contributed by atoms with Gasteiger partial charge in [-0.3, -0.25) is 0 Å². The van der Waals surface area contributed by atoms with Gasteiger partial charge in [0.15, 0.2) is 0 Å². The van der Waals surface area contributed by atoms with Crippen molar-refractivity contribution in [3.8, 4) is 0 Å². The minimum Gasteiger partial charge on any atom is -0.444 e. The average Bonchev–Trinajstić information content (AvgIpc) is 2.54. The van der Waals surface area contributed by atoms with Gasteiger partial charge in [-0.25, -0.2) is 17.9 Å². The molecule has 2 rings (SSSR count). The average molecular weight is 437 g/mol. The largest absolute Gasteiger partial charge is 0.444 e. The minimum atomic E-state index is -3.61. The van der Waals surface area contributed by atoms with Gasteiger partial charge < -0.3 is 9.64 Å². The van der Waals surface area contributed by atoms with Gasteiger partial charge in [-0.1, -0.05) is 29.3 Å². The summed E-state index contributed by atoms with van der Waals surface area (Å²) in [6.45, 7) is 6.13. The lowest BCUT2D eigenvalue weighted by Crippen LogP contribution is -2.50. The number of piperidine rings is 1. The highest BCUT2D eigenvalue weighted by atomic mass is 35.5. The van der Waals surface area contributed by atoms with Crippen LogP contribution in [0.2, 0.25) is 10.0 Å². The first kappa shape index (κ1) is 22.3. The van der Waals surface area contributed by atoms with E-state index in [9.17, 15) is 13.2 Å². The maximum atomic E-state index is 12.4. The van der Waals surface area contributed by atoms with Crippen LogP contribution in [0.3, 0.4) is 0 Å². The Kier molecular flexibility index (Phi) is 7.41. The molecule has 1 fully saturated rings. The van der Waals surface area contributed by atoms with Gasteiger partial charge in [-0.05, 0) is 57.7 Å². The molecule has 27 heavy (non-hydrogen) atoms. The van der Waals surface area contributed by atoms with Gasteiger partial charge in [0.1, 0.15) is 5.60 Å². The third-order valence-electron chi connectivity index (χ3n) is 4.15. The number of sulfonamides is 1. The van der Waals surface area contributed by atoms with E-state index >= 15 is 0 Å². The minimum absolute atomic E-state index is 0.146. The fourth-order valence-electron chi connectivity index (χ4n) is 2.89. The van der Waals surface area contributed by atoms with Gasteiger partial charge in [0, 0.05) is 29.2 Å². The van der Waals surface area contributed by atoms with E-state index < -0.39 is 21.7 Å². The van der Waals surface area contributed by atoms with Crippen molar-refractivity contribution < 1.29 is 17.9 Å². The first-order valence-corrected chi connectivity index (χ1v) is 11.3. The Morgan fingerprint density at radius 1 is 1.30 bits per heavy atom. The predicted molar refractivity (Wildman–Crippen MR) is 108 cm³/mol. The Labute approximate surface area is 171 Å². The number of rotatable bonds is 5. The third-order valence-corrected chi connectivity index (χ3v) is 6.04. The highest BCUT2D eigenvalue weighted by Gasteiger charge is 2.31. The number of amides is 1. The molecule has 0 saturated carbocycles. The Morgan fingerprint density at radius 3 is 2.63 bits per heavy atom. The normalized spacial score (nSPS) is 18.4. The smallest absolute Gasteiger partial charge is 0.410 e. The molecular formula is C18H26Cl2N2O4S. The molecule has 1 aliphatic rings. The summed E-state index contributed by atoms with van der Waals surface area (Å²) in [6.07, 6.45) is 2.13. The predicted octanol–water partition coefficient (Wildman–Crippen LogP) is 4.20. The Bertz CT molecular complexity index is 778. The molecule has 1 atom stereocenters. The van der Waals surface area contributed by atoms with Crippen LogP contribution in [-0.2, 0) is 20.5 Å². The van der Waals surface area contributed by atoms with Crippen LogP contribution < -0.4 is 4.72 Å². The zero-order chi connectivity index (χ0) is 20.2. The van der Waals surface area contributed by atoms with E-state index in [1.807, 2.05) is 20.8 Å². The van der Waals surface area contributed by atoms with E-state index in [1.165, 1.54) is 6.07 Å². The summed E-state index contributed by atoms with van der Waals surface area (Å²) in [6, 6.07) is 4.48. The van der Waals surface area contributed by atoms with Crippen molar-refractivity contribution in [1.29, 1.82) is 0 Å². The number of hydrogen-bond acceptors (Lipinski definition) is 4. The molecule has 0 aliphatic carbocycles. The van der Waals surface area contributed by atoms with Gasteiger partial charge in [-0.2, -0.15) is 0 Å². The number of likely N-dealkylation sites (tertiary alicyclic amines) is 1. The summed E-state index contributed by atoms with van der Waals surface area (Å²) < 4.78 is 32.9. The molecule has 0 bridgehead atoms. The maximum Gasteiger partial charge on any atom is 0.410 e. The van der Waals surface area contributed by atoms with Crippen molar-refractivity contribution in [2.45, 2.75) is 57.4 Å². The molecule has 6 nitrogen and oxygen atoms in total. The van der Waals surface area contributed by atoms with E-state index in [2.05, 4.69) is 4.72 Å². The van der Waals surface area contributed by atoms with Crippen molar-refractivity contribution >= 4 is 39.3 Å². The van der Waals surface area contributed by atoms with Crippen molar-refractivity contribution in [3.05, 3.63) is 33.8 Å². The molecule has 0 aromatic heterocycles. The molecule has 1 heterocycles. The first-order valence-electron chi connectivity index (χ1n) is 8.88. The van der Waals surface area contributed by atoms with Gasteiger partial charge in [0.2, 0.25) is 10.0 Å².